The highest BCUT2D eigenvalue weighted by molar-refractivity contribution is 5.76. The maximum atomic E-state index is 11.9. The van der Waals surface area contributed by atoms with E-state index in [1.165, 1.54) is 12.8 Å². The average Bonchev–Trinajstić information content (AvgIpc) is 2.39. The van der Waals surface area contributed by atoms with Crippen molar-refractivity contribution >= 4 is 5.97 Å². The van der Waals surface area contributed by atoms with Crippen LogP contribution in [0, 0.1) is 11.8 Å². The molecule has 1 heterocycles. The Balaban J connectivity index is 2.41. The molecule has 1 saturated heterocycles. The normalized spacial score (nSPS) is 19.6. The predicted molar refractivity (Wildman–Crippen MR) is 78.1 cm³/mol. The summed E-state index contributed by atoms with van der Waals surface area (Å²) in [4.78, 5) is 14.3. The van der Waals surface area contributed by atoms with Gasteiger partial charge in [-0.15, -0.1) is 0 Å². The minimum absolute atomic E-state index is 0.115. The summed E-state index contributed by atoms with van der Waals surface area (Å²) in [5.41, 5.74) is 0. The Morgan fingerprint density at radius 1 is 1.32 bits per heavy atom. The highest BCUT2D eigenvalue weighted by Crippen LogP contribution is 2.24. The SMILES string of the molecule is CCNC(CN1CCC(C(C)C)CC1)C(=O)OCC. The Morgan fingerprint density at radius 2 is 1.95 bits per heavy atom. The zero-order valence-corrected chi connectivity index (χ0v) is 12.9. The van der Waals surface area contributed by atoms with Crippen LogP contribution in [0.5, 0.6) is 0 Å². The van der Waals surface area contributed by atoms with E-state index in [1.54, 1.807) is 0 Å². The first-order valence-electron chi connectivity index (χ1n) is 7.70. The molecule has 4 heteroatoms. The van der Waals surface area contributed by atoms with E-state index in [-0.39, 0.29) is 12.0 Å². The van der Waals surface area contributed by atoms with Crippen molar-refractivity contribution in [2.45, 2.75) is 46.6 Å². The lowest BCUT2D eigenvalue weighted by Gasteiger charge is -2.35. The molecule has 0 aromatic carbocycles. The number of carbonyl (C=O) groups excluding carboxylic acids is 1. The van der Waals surface area contributed by atoms with Crippen LogP contribution in [0.3, 0.4) is 0 Å². The van der Waals surface area contributed by atoms with Crippen LogP contribution in [-0.4, -0.2) is 49.7 Å². The van der Waals surface area contributed by atoms with Crippen LogP contribution in [0.15, 0.2) is 0 Å². The number of hydrogen-bond acceptors (Lipinski definition) is 4. The third-order valence-electron chi connectivity index (χ3n) is 4.04. The highest BCUT2D eigenvalue weighted by Gasteiger charge is 2.26. The minimum atomic E-state index is -0.180. The van der Waals surface area contributed by atoms with Crippen molar-refractivity contribution in [3.05, 3.63) is 0 Å². The molecule has 0 aromatic heterocycles. The lowest BCUT2D eigenvalue weighted by atomic mass is 9.86. The Labute approximate surface area is 117 Å². The van der Waals surface area contributed by atoms with Gasteiger partial charge in [-0.1, -0.05) is 20.8 Å². The molecule has 0 saturated carbocycles. The molecule has 1 aliphatic heterocycles. The molecule has 4 nitrogen and oxygen atoms in total. The van der Waals surface area contributed by atoms with Crippen LogP contribution >= 0.6 is 0 Å². The summed E-state index contributed by atoms with van der Waals surface area (Å²) in [6.07, 6.45) is 2.50. The van der Waals surface area contributed by atoms with E-state index in [9.17, 15) is 4.79 Å². The topological polar surface area (TPSA) is 41.6 Å². The maximum Gasteiger partial charge on any atom is 0.324 e. The Morgan fingerprint density at radius 3 is 2.42 bits per heavy atom. The summed E-state index contributed by atoms with van der Waals surface area (Å²) < 4.78 is 5.13. The maximum absolute atomic E-state index is 11.9. The summed E-state index contributed by atoms with van der Waals surface area (Å²) in [5.74, 6) is 1.50. The van der Waals surface area contributed by atoms with Gasteiger partial charge in [-0.3, -0.25) is 4.79 Å². The van der Waals surface area contributed by atoms with Gasteiger partial charge in [-0.2, -0.15) is 0 Å². The van der Waals surface area contributed by atoms with Gasteiger partial charge < -0.3 is 15.0 Å². The van der Waals surface area contributed by atoms with Gasteiger partial charge in [0.05, 0.1) is 6.61 Å². The molecule has 0 bridgehead atoms. The number of nitrogens with one attached hydrogen (secondary N) is 1. The first-order valence-corrected chi connectivity index (χ1v) is 7.70. The van der Waals surface area contributed by atoms with Crippen LogP contribution in [0.4, 0.5) is 0 Å². The van der Waals surface area contributed by atoms with Crippen molar-refractivity contribution in [2.24, 2.45) is 11.8 Å². The van der Waals surface area contributed by atoms with Gasteiger partial charge >= 0.3 is 5.97 Å². The molecule has 1 fully saturated rings. The molecule has 1 unspecified atom stereocenters. The van der Waals surface area contributed by atoms with E-state index >= 15 is 0 Å². The third kappa shape index (κ3) is 5.49. The van der Waals surface area contributed by atoms with Crippen LogP contribution in [0.1, 0.15) is 40.5 Å². The predicted octanol–water partition coefficient (Wildman–Crippen LogP) is 1.90. The molecule has 1 N–H and O–H groups in total. The average molecular weight is 270 g/mol. The molecule has 19 heavy (non-hydrogen) atoms. The van der Waals surface area contributed by atoms with E-state index in [0.717, 1.165) is 38.0 Å². The van der Waals surface area contributed by atoms with E-state index in [0.29, 0.717) is 6.61 Å². The summed E-state index contributed by atoms with van der Waals surface area (Å²) in [6, 6.07) is -0.180. The number of ether oxygens (including phenoxy) is 1. The number of rotatable bonds is 7. The highest BCUT2D eigenvalue weighted by atomic mass is 16.5. The molecule has 0 radical (unpaired) electrons. The quantitative estimate of drug-likeness (QED) is 0.717. The van der Waals surface area contributed by atoms with Gasteiger partial charge in [0.25, 0.3) is 0 Å². The molecule has 112 valence electrons. The number of esters is 1. The van der Waals surface area contributed by atoms with Crippen molar-refractivity contribution in [3.63, 3.8) is 0 Å². The van der Waals surface area contributed by atoms with Crippen molar-refractivity contribution in [1.29, 1.82) is 0 Å². The second-order valence-electron chi connectivity index (χ2n) is 5.74. The van der Waals surface area contributed by atoms with E-state index in [4.69, 9.17) is 4.74 Å². The Bertz CT molecular complexity index is 261. The number of nitrogens with zero attached hydrogens (tertiary/aromatic N) is 1. The summed E-state index contributed by atoms with van der Waals surface area (Å²) >= 11 is 0. The molecule has 1 atom stereocenters. The largest absolute Gasteiger partial charge is 0.465 e. The number of piperidine rings is 1. The lowest BCUT2D eigenvalue weighted by Crippen LogP contribution is -2.49. The zero-order valence-electron chi connectivity index (χ0n) is 12.9. The van der Waals surface area contributed by atoms with Crippen LogP contribution < -0.4 is 5.32 Å². The van der Waals surface area contributed by atoms with Crippen molar-refractivity contribution in [2.75, 3.05) is 32.8 Å². The standard InChI is InChI=1S/C15H30N2O2/c1-5-16-14(15(18)19-6-2)11-17-9-7-13(8-10-17)12(3)4/h12-14,16H,5-11H2,1-4H3. The summed E-state index contributed by atoms with van der Waals surface area (Å²) in [5, 5.41) is 3.23. The van der Waals surface area contributed by atoms with Crippen LogP contribution in [0.25, 0.3) is 0 Å². The van der Waals surface area contributed by atoms with Gasteiger partial charge in [-0.05, 0) is 51.2 Å². The minimum Gasteiger partial charge on any atom is -0.465 e. The van der Waals surface area contributed by atoms with Crippen LogP contribution in [-0.2, 0) is 9.53 Å². The number of hydrogen-bond donors (Lipinski definition) is 1. The van der Waals surface area contributed by atoms with Gasteiger partial charge in [0.2, 0.25) is 0 Å². The molecule has 0 aliphatic carbocycles. The summed E-state index contributed by atoms with van der Waals surface area (Å²) in [6.45, 7) is 12.7. The fraction of sp³-hybridized carbons (Fsp3) is 0.933. The van der Waals surface area contributed by atoms with Gasteiger partial charge in [-0.25, -0.2) is 0 Å². The number of likely N-dealkylation sites (N-methyl/N-ethyl adjacent to an activating group) is 1. The van der Waals surface area contributed by atoms with Gasteiger partial charge in [0.15, 0.2) is 0 Å². The van der Waals surface area contributed by atoms with Gasteiger partial charge in [0, 0.05) is 6.54 Å². The van der Waals surface area contributed by atoms with E-state index < -0.39 is 0 Å². The second-order valence-corrected chi connectivity index (χ2v) is 5.74. The van der Waals surface area contributed by atoms with E-state index in [2.05, 4.69) is 24.1 Å². The van der Waals surface area contributed by atoms with Crippen LogP contribution in [0.2, 0.25) is 0 Å². The van der Waals surface area contributed by atoms with Crippen molar-refractivity contribution < 1.29 is 9.53 Å². The monoisotopic (exact) mass is 270 g/mol. The molecule has 1 aliphatic rings. The molecule has 1 rings (SSSR count). The molecular weight excluding hydrogens is 240 g/mol. The Hall–Kier alpha value is -0.610. The van der Waals surface area contributed by atoms with Crippen molar-refractivity contribution in [3.8, 4) is 0 Å². The molecule has 0 amide bonds. The second kappa shape index (κ2) is 8.54. The first kappa shape index (κ1) is 16.4. The summed E-state index contributed by atoms with van der Waals surface area (Å²) in [7, 11) is 0. The molecule has 0 spiro atoms. The van der Waals surface area contributed by atoms with Crippen molar-refractivity contribution in [1.82, 2.24) is 10.2 Å². The number of carbonyl (C=O) groups is 1. The molecular formula is C15H30N2O2. The Kier molecular flexibility index (Phi) is 7.39. The first-order chi connectivity index (χ1) is 9.08. The lowest BCUT2D eigenvalue weighted by molar-refractivity contribution is -0.146. The number of likely N-dealkylation sites (tertiary alicyclic amines) is 1. The van der Waals surface area contributed by atoms with Gasteiger partial charge in [0.1, 0.15) is 6.04 Å². The van der Waals surface area contributed by atoms with E-state index in [1.807, 2.05) is 13.8 Å². The molecule has 0 aromatic rings. The fourth-order valence-electron chi connectivity index (χ4n) is 2.77. The fourth-order valence-corrected chi connectivity index (χ4v) is 2.77. The smallest absolute Gasteiger partial charge is 0.324 e. The zero-order chi connectivity index (χ0) is 14.3. The third-order valence-corrected chi connectivity index (χ3v) is 4.04.